The van der Waals surface area contributed by atoms with Crippen LogP contribution < -0.4 is 4.74 Å². The lowest BCUT2D eigenvalue weighted by molar-refractivity contribution is 0.340. The molecular weight excluding hydrogens is 337 g/mol. The Hall–Kier alpha value is -2.75. The van der Waals surface area contributed by atoms with Crippen LogP contribution in [0.25, 0.3) is 22.4 Å². The minimum Gasteiger partial charge on any atom is -0.494 e. The van der Waals surface area contributed by atoms with E-state index in [2.05, 4.69) is 0 Å². The van der Waals surface area contributed by atoms with E-state index >= 15 is 0 Å². The molecule has 0 aliphatic rings. The van der Waals surface area contributed by atoms with Gasteiger partial charge in [0.15, 0.2) is 11.7 Å². The van der Waals surface area contributed by atoms with Crippen LogP contribution in [0.15, 0.2) is 54.6 Å². The van der Waals surface area contributed by atoms with E-state index in [0.717, 1.165) is 0 Å². The fraction of sp³-hybridized carbons (Fsp3) is 0.182. The third-order valence-corrected chi connectivity index (χ3v) is 4.28. The summed E-state index contributed by atoms with van der Waals surface area (Å²) in [6.07, 6.45) is 0.574. The van der Waals surface area contributed by atoms with E-state index < -0.39 is 11.7 Å². The van der Waals surface area contributed by atoms with Gasteiger partial charge in [-0.05, 0) is 54.6 Å². The second-order valence-corrected chi connectivity index (χ2v) is 5.91. The Morgan fingerprint density at radius 2 is 1.50 bits per heavy atom. The maximum absolute atomic E-state index is 14.6. The van der Waals surface area contributed by atoms with Gasteiger partial charge in [-0.1, -0.05) is 31.2 Å². The molecule has 0 spiro atoms. The van der Waals surface area contributed by atoms with Crippen molar-refractivity contribution in [1.82, 2.24) is 0 Å². The van der Waals surface area contributed by atoms with Gasteiger partial charge in [0.05, 0.1) is 6.61 Å². The van der Waals surface area contributed by atoms with Gasteiger partial charge in [0.25, 0.3) is 0 Å². The summed E-state index contributed by atoms with van der Waals surface area (Å²) in [5.74, 6) is -1.65. The highest BCUT2D eigenvalue weighted by Crippen LogP contribution is 2.32. The van der Waals surface area contributed by atoms with Crippen molar-refractivity contribution in [2.24, 2.45) is 0 Å². The number of fused-ring (bicyclic) bond motifs is 1. The summed E-state index contributed by atoms with van der Waals surface area (Å²) in [5.41, 5.74) is 0.799. The van der Waals surface area contributed by atoms with Crippen LogP contribution in [0.4, 0.5) is 13.2 Å². The number of ether oxygens (including phenoxy) is 1. The van der Waals surface area contributed by atoms with Gasteiger partial charge < -0.3 is 4.74 Å². The van der Waals surface area contributed by atoms with Crippen LogP contribution in [-0.2, 0) is 6.42 Å². The molecular formula is C22H19F3O. The molecule has 0 atom stereocenters. The van der Waals surface area contributed by atoms with E-state index in [1.54, 1.807) is 24.3 Å². The van der Waals surface area contributed by atoms with Crippen LogP contribution in [0.2, 0.25) is 0 Å². The molecule has 0 heterocycles. The lowest BCUT2D eigenvalue weighted by Crippen LogP contribution is -1.92. The zero-order chi connectivity index (χ0) is 18.7. The number of hydrogen-bond donors (Lipinski definition) is 0. The first kappa shape index (κ1) is 18.1. The van der Waals surface area contributed by atoms with Gasteiger partial charge in [0, 0.05) is 16.5 Å². The van der Waals surface area contributed by atoms with Crippen LogP contribution in [0.1, 0.15) is 30.5 Å². The number of rotatable bonds is 5. The molecule has 134 valence electrons. The van der Waals surface area contributed by atoms with Gasteiger partial charge in [-0.3, -0.25) is 0 Å². The van der Waals surface area contributed by atoms with Gasteiger partial charge in [0.1, 0.15) is 11.6 Å². The highest BCUT2D eigenvalue weighted by molar-refractivity contribution is 5.90. The Morgan fingerprint density at radius 1 is 0.846 bits per heavy atom. The molecule has 0 aliphatic heterocycles. The Kier molecular flexibility index (Phi) is 5.31. The highest BCUT2D eigenvalue weighted by atomic mass is 19.2. The van der Waals surface area contributed by atoms with Crippen LogP contribution >= 0.6 is 0 Å². The smallest absolute Gasteiger partial charge is 0.166 e. The Morgan fingerprint density at radius 3 is 2.15 bits per heavy atom. The molecule has 0 saturated carbocycles. The summed E-state index contributed by atoms with van der Waals surface area (Å²) in [6.45, 7) is 4.22. The van der Waals surface area contributed by atoms with Gasteiger partial charge in [0.2, 0.25) is 0 Å². The van der Waals surface area contributed by atoms with Crippen molar-refractivity contribution in [2.45, 2.75) is 20.3 Å². The molecule has 0 radical (unpaired) electrons. The fourth-order valence-corrected chi connectivity index (χ4v) is 2.86. The van der Waals surface area contributed by atoms with Crippen molar-refractivity contribution < 1.29 is 17.9 Å². The minimum absolute atomic E-state index is 0.0764. The van der Waals surface area contributed by atoms with Gasteiger partial charge in [-0.15, -0.1) is 0 Å². The second-order valence-electron chi connectivity index (χ2n) is 5.91. The molecule has 0 saturated heterocycles. The molecule has 3 rings (SSSR count). The van der Waals surface area contributed by atoms with Crippen molar-refractivity contribution in [3.05, 3.63) is 77.1 Å². The van der Waals surface area contributed by atoms with Crippen molar-refractivity contribution in [3.8, 4) is 5.75 Å². The topological polar surface area (TPSA) is 9.23 Å². The molecule has 1 nitrogen and oxygen atoms in total. The van der Waals surface area contributed by atoms with Crippen molar-refractivity contribution in [3.63, 3.8) is 0 Å². The molecule has 3 aromatic carbocycles. The normalized spacial score (nSPS) is 12.2. The highest BCUT2D eigenvalue weighted by Gasteiger charge is 2.14. The lowest BCUT2D eigenvalue weighted by Gasteiger charge is -2.08. The first-order chi connectivity index (χ1) is 12.5. The molecule has 0 fully saturated rings. The zero-order valence-electron chi connectivity index (χ0n) is 14.7. The van der Waals surface area contributed by atoms with Gasteiger partial charge in [-0.25, -0.2) is 13.2 Å². The Balaban J connectivity index is 1.99. The third-order valence-electron chi connectivity index (χ3n) is 4.28. The second kappa shape index (κ2) is 7.65. The van der Waals surface area contributed by atoms with Crippen LogP contribution in [0.5, 0.6) is 5.75 Å². The third kappa shape index (κ3) is 3.45. The summed E-state index contributed by atoms with van der Waals surface area (Å²) < 4.78 is 48.8. The SMILES string of the molecule is CCOc1ccc(C(F)=C(F)c2ccc3c(F)c(CC)ccc3c2)cc1. The summed E-state index contributed by atoms with van der Waals surface area (Å²) in [4.78, 5) is 0. The summed E-state index contributed by atoms with van der Waals surface area (Å²) in [7, 11) is 0. The molecule has 3 aromatic rings. The van der Waals surface area contributed by atoms with Crippen LogP contribution in [0.3, 0.4) is 0 Å². The van der Waals surface area contributed by atoms with E-state index in [1.165, 1.54) is 30.3 Å². The predicted molar refractivity (Wildman–Crippen MR) is 99.9 cm³/mol. The average Bonchev–Trinajstić information content (AvgIpc) is 2.68. The van der Waals surface area contributed by atoms with Crippen molar-refractivity contribution in [1.29, 1.82) is 0 Å². The van der Waals surface area contributed by atoms with E-state index in [1.807, 2.05) is 13.8 Å². The first-order valence-corrected chi connectivity index (χ1v) is 8.55. The van der Waals surface area contributed by atoms with E-state index in [4.69, 9.17) is 4.74 Å². The van der Waals surface area contributed by atoms with E-state index in [9.17, 15) is 13.2 Å². The zero-order valence-corrected chi connectivity index (χ0v) is 14.7. The Bertz CT molecular complexity index is 959. The number of benzene rings is 3. The van der Waals surface area contributed by atoms with E-state index in [-0.39, 0.29) is 16.9 Å². The lowest BCUT2D eigenvalue weighted by atomic mass is 10.0. The molecule has 0 unspecified atom stereocenters. The summed E-state index contributed by atoms with van der Waals surface area (Å²) in [5, 5.41) is 0.939. The van der Waals surface area contributed by atoms with E-state index in [0.29, 0.717) is 35.1 Å². The number of halogens is 3. The first-order valence-electron chi connectivity index (χ1n) is 8.55. The molecule has 0 bridgehead atoms. The van der Waals surface area contributed by atoms with Crippen LogP contribution in [-0.4, -0.2) is 6.61 Å². The van der Waals surface area contributed by atoms with Crippen molar-refractivity contribution >= 4 is 22.4 Å². The van der Waals surface area contributed by atoms with Crippen molar-refractivity contribution in [2.75, 3.05) is 6.61 Å². The maximum atomic E-state index is 14.6. The molecule has 0 N–H and O–H groups in total. The molecule has 0 amide bonds. The Labute approximate surface area is 150 Å². The molecule has 26 heavy (non-hydrogen) atoms. The predicted octanol–water partition coefficient (Wildman–Crippen LogP) is 6.70. The fourth-order valence-electron chi connectivity index (χ4n) is 2.86. The molecule has 4 heteroatoms. The molecule has 0 aromatic heterocycles. The maximum Gasteiger partial charge on any atom is 0.166 e. The standard InChI is InChI=1S/C22H19F3O/c1-3-14-5-6-16-13-17(9-12-19(16)20(14)23)22(25)21(24)15-7-10-18(11-8-15)26-4-2/h5-13H,3-4H2,1-2H3. The average molecular weight is 356 g/mol. The monoisotopic (exact) mass is 356 g/mol. The van der Waals surface area contributed by atoms with Gasteiger partial charge >= 0.3 is 0 Å². The summed E-state index contributed by atoms with van der Waals surface area (Å²) in [6, 6.07) is 13.9. The van der Waals surface area contributed by atoms with Gasteiger partial charge in [-0.2, -0.15) is 0 Å². The summed E-state index contributed by atoms with van der Waals surface area (Å²) >= 11 is 0. The quantitative estimate of drug-likeness (QED) is 0.462. The number of aryl methyl sites for hydroxylation is 1. The molecule has 0 aliphatic carbocycles. The van der Waals surface area contributed by atoms with Crippen LogP contribution in [0, 0.1) is 5.82 Å². The number of hydrogen-bond acceptors (Lipinski definition) is 1. The minimum atomic E-state index is -0.976. The largest absolute Gasteiger partial charge is 0.494 e.